The Morgan fingerprint density at radius 3 is 2.56 bits per heavy atom. The largest absolute Gasteiger partial charge is 0.486 e. The van der Waals surface area contributed by atoms with Gasteiger partial charge < -0.3 is 19.5 Å². The van der Waals surface area contributed by atoms with Gasteiger partial charge in [-0.1, -0.05) is 30.3 Å². The molecule has 6 nitrogen and oxygen atoms in total. The van der Waals surface area contributed by atoms with Crippen molar-refractivity contribution in [3.05, 3.63) is 59.2 Å². The summed E-state index contributed by atoms with van der Waals surface area (Å²) in [5.74, 6) is -0.461. The number of carbonyl (C=O) groups excluding carboxylic acids is 1. The van der Waals surface area contributed by atoms with Gasteiger partial charge in [0.1, 0.15) is 19.3 Å². The van der Waals surface area contributed by atoms with E-state index in [1.165, 1.54) is 4.90 Å². The van der Waals surface area contributed by atoms with Crippen LogP contribution in [0.4, 0.5) is 0 Å². The number of hydrogen-bond donors (Lipinski definition) is 1. The lowest BCUT2D eigenvalue weighted by atomic mass is 9.93. The van der Waals surface area contributed by atoms with Crippen molar-refractivity contribution < 1.29 is 24.2 Å². The molecule has 2 heterocycles. The van der Waals surface area contributed by atoms with E-state index in [1.54, 1.807) is 18.2 Å². The summed E-state index contributed by atoms with van der Waals surface area (Å²) in [5.41, 5.74) is 2.27. The maximum Gasteiger partial charge on any atom is 0.326 e. The third kappa shape index (κ3) is 2.69. The Labute approximate surface area is 144 Å². The Hall–Kier alpha value is -3.02. The molecule has 0 aromatic heterocycles. The number of carboxylic acid groups (broad SMARTS) is 1. The van der Waals surface area contributed by atoms with Crippen LogP contribution in [-0.2, 0) is 17.8 Å². The highest BCUT2D eigenvalue weighted by molar-refractivity contribution is 6.00. The van der Waals surface area contributed by atoms with Gasteiger partial charge in [-0.3, -0.25) is 4.79 Å². The lowest BCUT2D eigenvalue weighted by Crippen LogP contribution is -2.48. The molecule has 0 saturated carbocycles. The summed E-state index contributed by atoms with van der Waals surface area (Å²) in [7, 11) is 0. The Morgan fingerprint density at radius 2 is 1.76 bits per heavy atom. The summed E-state index contributed by atoms with van der Waals surface area (Å²) in [6.45, 7) is 1.05. The molecule has 1 N–H and O–H groups in total. The van der Waals surface area contributed by atoms with E-state index < -0.39 is 12.0 Å². The fourth-order valence-electron chi connectivity index (χ4n) is 3.35. The van der Waals surface area contributed by atoms with Crippen molar-refractivity contribution in [2.24, 2.45) is 0 Å². The van der Waals surface area contributed by atoms with Crippen LogP contribution >= 0.6 is 0 Å². The number of nitrogens with zero attached hydrogens (tertiary/aromatic N) is 1. The van der Waals surface area contributed by atoms with E-state index in [9.17, 15) is 14.7 Å². The molecule has 2 aliphatic rings. The number of para-hydroxylation sites is 1. The first-order valence-electron chi connectivity index (χ1n) is 8.14. The maximum atomic E-state index is 13.1. The molecular formula is C19H17NO5. The van der Waals surface area contributed by atoms with E-state index in [0.29, 0.717) is 36.7 Å². The molecule has 0 spiro atoms. The molecule has 0 fully saturated rings. The lowest BCUT2D eigenvalue weighted by Gasteiger charge is -2.35. The molecule has 0 aliphatic carbocycles. The Kier molecular flexibility index (Phi) is 3.80. The van der Waals surface area contributed by atoms with Gasteiger partial charge in [0.05, 0.1) is 5.56 Å². The lowest BCUT2D eigenvalue weighted by molar-refractivity contribution is -0.142. The van der Waals surface area contributed by atoms with E-state index in [4.69, 9.17) is 9.47 Å². The fraction of sp³-hybridized carbons (Fsp3) is 0.263. The number of benzene rings is 2. The smallest absolute Gasteiger partial charge is 0.326 e. The first kappa shape index (κ1) is 15.5. The van der Waals surface area contributed by atoms with Crippen LogP contribution in [0, 0.1) is 0 Å². The van der Waals surface area contributed by atoms with Crippen molar-refractivity contribution in [3.63, 3.8) is 0 Å². The minimum Gasteiger partial charge on any atom is -0.486 e. The van der Waals surface area contributed by atoms with Gasteiger partial charge in [-0.25, -0.2) is 4.79 Å². The summed E-state index contributed by atoms with van der Waals surface area (Å²) in [5, 5.41) is 9.62. The molecule has 2 aromatic rings. The number of fused-ring (bicyclic) bond motifs is 2. The third-order valence-electron chi connectivity index (χ3n) is 4.59. The minimum atomic E-state index is -1.01. The molecule has 0 radical (unpaired) electrons. The van der Waals surface area contributed by atoms with Gasteiger partial charge in [0.15, 0.2) is 11.5 Å². The number of rotatable bonds is 2. The second-order valence-electron chi connectivity index (χ2n) is 6.09. The van der Waals surface area contributed by atoms with Gasteiger partial charge in [-0.05, 0) is 23.3 Å². The van der Waals surface area contributed by atoms with Crippen LogP contribution in [0.2, 0.25) is 0 Å². The first-order chi connectivity index (χ1) is 12.1. The molecule has 0 saturated heterocycles. The normalized spacial score (nSPS) is 18.4. The van der Waals surface area contributed by atoms with E-state index in [2.05, 4.69) is 0 Å². The summed E-state index contributed by atoms with van der Waals surface area (Å²) >= 11 is 0. The van der Waals surface area contributed by atoms with Crippen molar-refractivity contribution >= 4 is 11.9 Å². The van der Waals surface area contributed by atoms with Crippen molar-refractivity contribution in [1.82, 2.24) is 4.90 Å². The van der Waals surface area contributed by atoms with Crippen LogP contribution in [0.1, 0.15) is 21.5 Å². The number of carboxylic acids is 1. The predicted molar refractivity (Wildman–Crippen MR) is 88.9 cm³/mol. The molecule has 6 heteroatoms. The number of amides is 1. The molecule has 1 atom stereocenters. The molecule has 128 valence electrons. The van der Waals surface area contributed by atoms with E-state index >= 15 is 0 Å². The summed E-state index contributed by atoms with van der Waals surface area (Å²) in [4.78, 5) is 26.3. The van der Waals surface area contributed by atoms with Gasteiger partial charge in [0.25, 0.3) is 5.91 Å². The van der Waals surface area contributed by atoms with Crippen molar-refractivity contribution in [2.45, 2.75) is 19.0 Å². The Balaban J connectivity index is 1.73. The Morgan fingerprint density at radius 1 is 1.00 bits per heavy atom. The number of hydrogen-bond acceptors (Lipinski definition) is 4. The van der Waals surface area contributed by atoms with Crippen LogP contribution in [0.3, 0.4) is 0 Å². The van der Waals surface area contributed by atoms with Crippen molar-refractivity contribution in [3.8, 4) is 11.5 Å². The van der Waals surface area contributed by atoms with Crippen LogP contribution < -0.4 is 9.47 Å². The molecule has 2 aliphatic heterocycles. The zero-order chi connectivity index (χ0) is 17.4. The number of aliphatic carboxylic acids is 1. The number of carbonyl (C=O) groups is 2. The number of ether oxygens (including phenoxy) is 2. The van der Waals surface area contributed by atoms with Crippen LogP contribution in [-0.4, -0.2) is 41.1 Å². The van der Waals surface area contributed by atoms with Gasteiger partial charge in [0.2, 0.25) is 0 Å². The molecule has 4 rings (SSSR count). The molecule has 0 bridgehead atoms. The van der Waals surface area contributed by atoms with Gasteiger partial charge in [0, 0.05) is 13.0 Å². The highest BCUT2D eigenvalue weighted by atomic mass is 16.6. The summed E-state index contributed by atoms with van der Waals surface area (Å²) < 4.78 is 11.1. The van der Waals surface area contributed by atoms with Crippen LogP contribution in [0.15, 0.2) is 42.5 Å². The fourth-order valence-corrected chi connectivity index (χ4v) is 3.35. The average Bonchev–Trinajstić information content (AvgIpc) is 2.66. The van der Waals surface area contributed by atoms with Gasteiger partial charge in [-0.2, -0.15) is 0 Å². The standard InChI is InChI=1S/C19H17NO5/c21-18(14-6-3-7-16-17(14)25-9-8-24-16)20-11-13-5-2-1-4-12(13)10-15(20)19(22)23/h1-7,15H,8-11H2,(H,22,23). The van der Waals surface area contributed by atoms with Gasteiger partial charge in [-0.15, -0.1) is 0 Å². The topological polar surface area (TPSA) is 76.1 Å². The third-order valence-corrected chi connectivity index (χ3v) is 4.59. The summed E-state index contributed by atoms with van der Waals surface area (Å²) in [6, 6.07) is 11.8. The van der Waals surface area contributed by atoms with Crippen molar-refractivity contribution in [1.29, 1.82) is 0 Å². The predicted octanol–water partition coefficient (Wildman–Crippen LogP) is 2.11. The molecule has 1 unspecified atom stereocenters. The molecule has 2 aromatic carbocycles. The second kappa shape index (κ2) is 6.12. The maximum absolute atomic E-state index is 13.1. The SMILES string of the molecule is O=C(O)C1Cc2ccccc2CN1C(=O)c1cccc2c1OCCO2. The second-order valence-corrected chi connectivity index (χ2v) is 6.09. The van der Waals surface area contributed by atoms with Crippen LogP contribution in [0.5, 0.6) is 11.5 Å². The van der Waals surface area contributed by atoms with E-state index in [-0.39, 0.29) is 12.5 Å². The van der Waals surface area contributed by atoms with E-state index in [1.807, 2.05) is 24.3 Å². The highest BCUT2D eigenvalue weighted by Gasteiger charge is 2.36. The average molecular weight is 339 g/mol. The molecular weight excluding hydrogens is 322 g/mol. The zero-order valence-corrected chi connectivity index (χ0v) is 13.5. The first-order valence-corrected chi connectivity index (χ1v) is 8.14. The van der Waals surface area contributed by atoms with Crippen molar-refractivity contribution in [2.75, 3.05) is 13.2 Å². The summed E-state index contributed by atoms with van der Waals surface area (Å²) in [6.07, 6.45) is 0.295. The zero-order valence-electron chi connectivity index (χ0n) is 13.5. The quantitative estimate of drug-likeness (QED) is 0.907. The minimum absolute atomic E-state index is 0.260. The highest BCUT2D eigenvalue weighted by Crippen LogP contribution is 2.35. The van der Waals surface area contributed by atoms with Crippen LogP contribution in [0.25, 0.3) is 0 Å². The molecule has 1 amide bonds. The monoisotopic (exact) mass is 339 g/mol. The molecule has 25 heavy (non-hydrogen) atoms. The van der Waals surface area contributed by atoms with Gasteiger partial charge >= 0.3 is 5.97 Å². The Bertz CT molecular complexity index is 847. The van der Waals surface area contributed by atoms with E-state index in [0.717, 1.165) is 11.1 Å².